The topological polar surface area (TPSA) is 32.3 Å². The Kier molecular flexibility index (Phi) is 6.03. The van der Waals surface area contributed by atoms with Crippen LogP contribution in [0.4, 0.5) is 0 Å². The number of aliphatic hydroxyl groups excluding tert-OH is 1. The van der Waals surface area contributed by atoms with Crippen LogP contribution in [0, 0.1) is 5.92 Å². The third-order valence-electron chi connectivity index (χ3n) is 2.72. The molecule has 2 N–H and O–H groups in total. The van der Waals surface area contributed by atoms with E-state index in [9.17, 15) is 0 Å². The van der Waals surface area contributed by atoms with Gasteiger partial charge in [0, 0.05) is 17.1 Å². The standard InChI is InChI=1S/C13H20BrNO/c1-10(2)13(15-7-8-16)9-11-5-3-4-6-12(11)14/h3-6,10,13,15-16H,7-9H2,1-2H3. The number of nitrogens with one attached hydrogen (secondary N) is 1. The first-order valence-electron chi connectivity index (χ1n) is 5.72. The minimum atomic E-state index is 0.194. The molecule has 0 aliphatic rings. The number of hydrogen-bond acceptors (Lipinski definition) is 2. The molecule has 0 saturated carbocycles. The zero-order chi connectivity index (χ0) is 12.0. The summed E-state index contributed by atoms with van der Waals surface area (Å²) in [4.78, 5) is 0. The molecule has 90 valence electrons. The molecule has 1 atom stereocenters. The van der Waals surface area contributed by atoms with Crippen LogP contribution in [0.5, 0.6) is 0 Å². The van der Waals surface area contributed by atoms with Gasteiger partial charge in [-0.1, -0.05) is 48.0 Å². The van der Waals surface area contributed by atoms with Crippen molar-refractivity contribution in [2.45, 2.75) is 26.3 Å². The summed E-state index contributed by atoms with van der Waals surface area (Å²) in [5.41, 5.74) is 1.31. The normalized spacial score (nSPS) is 13.1. The average molecular weight is 286 g/mol. The van der Waals surface area contributed by atoms with Gasteiger partial charge in [0.15, 0.2) is 0 Å². The summed E-state index contributed by atoms with van der Waals surface area (Å²) in [7, 11) is 0. The highest BCUT2D eigenvalue weighted by molar-refractivity contribution is 9.10. The molecule has 0 aromatic heterocycles. The molecular weight excluding hydrogens is 266 g/mol. The Hall–Kier alpha value is -0.380. The van der Waals surface area contributed by atoms with E-state index < -0.39 is 0 Å². The number of rotatable bonds is 6. The molecular formula is C13H20BrNO. The van der Waals surface area contributed by atoms with Crippen LogP contribution in [0.3, 0.4) is 0 Å². The van der Waals surface area contributed by atoms with Crippen LogP contribution in [0.2, 0.25) is 0 Å². The largest absolute Gasteiger partial charge is 0.395 e. The van der Waals surface area contributed by atoms with E-state index in [-0.39, 0.29) is 6.61 Å². The molecule has 1 aromatic rings. The Bertz CT molecular complexity index is 315. The van der Waals surface area contributed by atoms with Gasteiger partial charge in [0.2, 0.25) is 0 Å². The highest BCUT2D eigenvalue weighted by Gasteiger charge is 2.14. The molecule has 3 heteroatoms. The lowest BCUT2D eigenvalue weighted by atomic mass is 9.96. The van der Waals surface area contributed by atoms with Crippen LogP contribution in [0.15, 0.2) is 28.7 Å². The zero-order valence-corrected chi connectivity index (χ0v) is 11.5. The second-order valence-corrected chi connectivity index (χ2v) is 5.18. The lowest BCUT2D eigenvalue weighted by Crippen LogP contribution is -2.37. The summed E-state index contributed by atoms with van der Waals surface area (Å²) in [6, 6.07) is 8.70. The first-order valence-corrected chi connectivity index (χ1v) is 6.52. The van der Waals surface area contributed by atoms with Gasteiger partial charge >= 0.3 is 0 Å². The molecule has 0 amide bonds. The molecule has 0 bridgehead atoms. The van der Waals surface area contributed by atoms with Crippen molar-refractivity contribution in [3.05, 3.63) is 34.3 Å². The van der Waals surface area contributed by atoms with Gasteiger partial charge in [0.25, 0.3) is 0 Å². The van der Waals surface area contributed by atoms with Crippen molar-refractivity contribution in [3.63, 3.8) is 0 Å². The predicted octanol–water partition coefficient (Wildman–Crippen LogP) is 2.60. The van der Waals surface area contributed by atoms with E-state index in [1.807, 2.05) is 6.07 Å². The first kappa shape index (κ1) is 13.7. The van der Waals surface area contributed by atoms with Crippen molar-refractivity contribution in [3.8, 4) is 0 Å². The van der Waals surface area contributed by atoms with Gasteiger partial charge in [-0.2, -0.15) is 0 Å². The van der Waals surface area contributed by atoms with Crippen LogP contribution < -0.4 is 5.32 Å². The molecule has 0 saturated heterocycles. The number of aliphatic hydroxyl groups is 1. The highest BCUT2D eigenvalue weighted by atomic mass is 79.9. The molecule has 0 spiro atoms. The Morgan fingerprint density at radius 3 is 2.56 bits per heavy atom. The van der Waals surface area contributed by atoms with Crippen molar-refractivity contribution in [2.24, 2.45) is 5.92 Å². The van der Waals surface area contributed by atoms with Crippen molar-refractivity contribution in [1.29, 1.82) is 0 Å². The molecule has 1 aromatic carbocycles. The molecule has 1 unspecified atom stereocenters. The quantitative estimate of drug-likeness (QED) is 0.842. The fourth-order valence-corrected chi connectivity index (χ4v) is 2.14. The third kappa shape index (κ3) is 4.24. The SMILES string of the molecule is CC(C)C(Cc1ccccc1Br)NCCO. The van der Waals surface area contributed by atoms with Crippen LogP contribution in [0.1, 0.15) is 19.4 Å². The lowest BCUT2D eigenvalue weighted by Gasteiger charge is -2.22. The van der Waals surface area contributed by atoms with Gasteiger partial charge < -0.3 is 10.4 Å². The third-order valence-corrected chi connectivity index (χ3v) is 3.49. The molecule has 2 nitrogen and oxygen atoms in total. The molecule has 0 fully saturated rings. The summed E-state index contributed by atoms with van der Waals surface area (Å²) in [6.45, 7) is 5.25. The predicted molar refractivity (Wildman–Crippen MR) is 71.6 cm³/mol. The van der Waals surface area contributed by atoms with E-state index in [0.29, 0.717) is 18.5 Å². The van der Waals surface area contributed by atoms with E-state index >= 15 is 0 Å². The van der Waals surface area contributed by atoms with Crippen LogP contribution >= 0.6 is 15.9 Å². The summed E-state index contributed by atoms with van der Waals surface area (Å²) in [5.74, 6) is 0.554. The van der Waals surface area contributed by atoms with Crippen molar-refractivity contribution in [2.75, 3.05) is 13.2 Å². The average Bonchev–Trinajstić information content (AvgIpc) is 2.26. The van der Waals surface area contributed by atoms with Crippen molar-refractivity contribution in [1.82, 2.24) is 5.32 Å². The lowest BCUT2D eigenvalue weighted by molar-refractivity contribution is 0.273. The summed E-state index contributed by atoms with van der Waals surface area (Å²) >= 11 is 3.56. The van der Waals surface area contributed by atoms with Crippen LogP contribution in [-0.2, 0) is 6.42 Å². The monoisotopic (exact) mass is 285 g/mol. The van der Waals surface area contributed by atoms with Gasteiger partial charge in [-0.15, -0.1) is 0 Å². The van der Waals surface area contributed by atoms with Crippen molar-refractivity contribution >= 4 is 15.9 Å². The highest BCUT2D eigenvalue weighted by Crippen LogP contribution is 2.19. The molecule has 0 radical (unpaired) electrons. The van der Waals surface area contributed by atoms with E-state index in [4.69, 9.17) is 5.11 Å². The Balaban J connectivity index is 2.64. The van der Waals surface area contributed by atoms with Crippen LogP contribution in [-0.4, -0.2) is 24.3 Å². The van der Waals surface area contributed by atoms with E-state index in [2.05, 4.69) is 53.3 Å². The minimum absolute atomic E-state index is 0.194. The first-order chi connectivity index (χ1) is 7.65. The number of hydrogen-bond donors (Lipinski definition) is 2. The van der Waals surface area contributed by atoms with E-state index in [0.717, 1.165) is 10.9 Å². The zero-order valence-electron chi connectivity index (χ0n) is 9.91. The van der Waals surface area contributed by atoms with Gasteiger partial charge in [0.1, 0.15) is 0 Å². The Morgan fingerprint density at radius 1 is 1.31 bits per heavy atom. The maximum atomic E-state index is 8.85. The minimum Gasteiger partial charge on any atom is -0.395 e. The summed E-state index contributed by atoms with van der Waals surface area (Å²) in [6.07, 6.45) is 0.985. The summed E-state index contributed by atoms with van der Waals surface area (Å²) < 4.78 is 1.16. The van der Waals surface area contributed by atoms with Crippen LogP contribution in [0.25, 0.3) is 0 Å². The van der Waals surface area contributed by atoms with Gasteiger partial charge in [0.05, 0.1) is 6.61 Å². The maximum Gasteiger partial charge on any atom is 0.0556 e. The fraction of sp³-hybridized carbons (Fsp3) is 0.538. The second kappa shape index (κ2) is 7.05. The molecule has 0 aliphatic carbocycles. The fourth-order valence-electron chi connectivity index (χ4n) is 1.69. The van der Waals surface area contributed by atoms with Gasteiger partial charge in [-0.05, 0) is 24.0 Å². The second-order valence-electron chi connectivity index (χ2n) is 4.32. The number of halogens is 1. The Morgan fingerprint density at radius 2 is 2.00 bits per heavy atom. The molecule has 0 aliphatic heterocycles. The maximum absolute atomic E-state index is 8.85. The van der Waals surface area contributed by atoms with E-state index in [1.54, 1.807) is 0 Å². The molecule has 1 rings (SSSR count). The van der Waals surface area contributed by atoms with Crippen molar-refractivity contribution < 1.29 is 5.11 Å². The smallest absolute Gasteiger partial charge is 0.0556 e. The molecule has 0 heterocycles. The van der Waals surface area contributed by atoms with Gasteiger partial charge in [-0.25, -0.2) is 0 Å². The number of benzene rings is 1. The van der Waals surface area contributed by atoms with E-state index in [1.165, 1.54) is 5.56 Å². The Labute approximate surface area is 106 Å². The summed E-state index contributed by atoms with van der Waals surface area (Å²) in [5, 5.41) is 12.2. The van der Waals surface area contributed by atoms with Gasteiger partial charge in [-0.3, -0.25) is 0 Å². The molecule has 16 heavy (non-hydrogen) atoms.